The fourth-order valence-corrected chi connectivity index (χ4v) is 2.55. The van der Waals surface area contributed by atoms with E-state index in [9.17, 15) is 14.9 Å². The number of carbonyl (C=O) groups excluding carboxylic acids is 1. The number of halogens is 1. The first-order valence-corrected chi connectivity index (χ1v) is 8.47. The zero-order valence-electron chi connectivity index (χ0n) is 14.2. The van der Waals surface area contributed by atoms with Crippen LogP contribution in [0, 0.1) is 10.1 Å². The largest absolute Gasteiger partial charge is 0.494 e. The van der Waals surface area contributed by atoms with E-state index in [1.54, 1.807) is 6.08 Å². The van der Waals surface area contributed by atoms with Gasteiger partial charge in [-0.05, 0) is 37.3 Å². The summed E-state index contributed by atoms with van der Waals surface area (Å²) in [7, 11) is 1.38. The number of anilines is 1. The molecule has 0 aliphatic rings. The molecule has 2 aromatic carbocycles. The molecule has 0 fully saturated rings. The standard InChI is InChI=1S/C18H17BrN2O5/c1-3-26-16-8-5-13(19)10-12(16)4-9-18(22)20-15-7-6-14(21(23)24)11-17(15)25-2/h4-11H,3H2,1-2H3,(H,20,22)/b9-4+. The van der Waals surface area contributed by atoms with Gasteiger partial charge >= 0.3 is 0 Å². The number of nitro benzene ring substituents is 1. The lowest BCUT2D eigenvalue weighted by molar-refractivity contribution is -0.384. The van der Waals surface area contributed by atoms with E-state index >= 15 is 0 Å². The van der Waals surface area contributed by atoms with E-state index < -0.39 is 10.8 Å². The molecule has 8 heteroatoms. The van der Waals surface area contributed by atoms with Crippen LogP contribution in [0.15, 0.2) is 46.9 Å². The number of non-ortho nitro benzene ring substituents is 1. The summed E-state index contributed by atoms with van der Waals surface area (Å²) in [5, 5.41) is 13.4. The number of nitro groups is 1. The van der Waals surface area contributed by atoms with Crippen molar-refractivity contribution in [1.29, 1.82) is 0 Å². The van der Waals surface area contributed by atoms with Crippen LogP contribution in [0.2, 0.25) is 0 Å². The number of nitrogens with one attached hydrogen (secondary N) is 1. The van der Waals surface area contributed by atoms with Gasteiger partial charge in [-0.3, -0.25) is 14.9 Å². The molecule has 0 spiro atoms. The summed E-state index contributed by atoms with van der Waals surface area (Å²) in [5.74, 6) is 0.464. The zero-order chi connectivity index (χ0) is 19.1. The third kappa shape index (κ3) is 5.06. The molecule has 0 aliphatic carbocycles. The summed E-state index contributed by atoms with van der Waals surface area (Å²) in [4.78, 5) is 22.5. The van der Waals surface area contributed by atoms with Crippen LogP contribution in [0.1, 0.15) is 12.5 Å². The highest BCUT2D eigenvalue weighted by Gasteiger charge is 2.12. The van der Waals surface area contributed by atoms with E-state index in [1.807, 2.05) is 25.1 Å². The topological polar surface area (TPSA) is 90.7 Å². The first kappa shape index (κ1) is 19.5. The maximum atomic E-state index is 12.2. The Hall–Kier alpha value is -2.87. The van der Waals surface area contributed by atoms with Crippen molar-refractivity contribution < 1.29 is 19.2 Å². The summed E-state index contributed by atoms with van der Waals surface area (Å²) >= 11 is 3.38. The highest BCUT2D eigenvalue weighted by Crippen LogP contribution is 2.29. The van der Waals surface area contributed by atoms with Crippen molar-refractivity contribution in [3.05, 3.63) is 62.6 Å². The molecule has 26 heavy (non-hydrogen) atoms. The Kier molecular flexibility index (Phi) is 6.74. The van der Waals surface area contributed by atoms with Gasteiger partial charge in [-0.25, -0.2) is 0 Å². The Balaban J connectivity index is 2.18. The predicted molar refractivity (Wildman–Crippen MR) is 103 cm³/mol. The average molecular weight is 421 g/mol. The lowest BCUT2D eigenvalue weighted by Crippen LogP contribution is -2.09. The van der Waals surface area contributed by atoms with E-state index in [-0.39, 0.29) is 11.4 Å². The van der Waals surface area contributed by atoms with Gasteiger partial charge in [0.1, 0.15) is 11.5 Å². The minimum atomic E-state index is -0.531. The maximum Gasteiger partial charge on any atom is 0.273 e. The molecule has 0 heterocycles. The minimum Gasteiger partial charge on any atom is -0.494 e. The number of hydrogen-bond donors (Lipinski definition) is 1. The van der Waals surface area contributed by atoms with E-state index in [2.05, 4.69) is 21.2 Å². The number of benzene rings is 2. The SMILES string of the molecule is CCOc1ccc(Br)cc1/C=C/C(=O)Nc1ccc([N+](=O)[O-])cc1OC. The number of nitrogens with zero attached hydrogens (tertiary/aromatic N) is 1. The first-order valence-electron chi connectivity index (χ1n) is 7.68. The average Bonchev–Trinajstić information content (AvgIpc) is 2.62. The summed E-state index contributed by atoms with van der Waals surface area (Å²) in [6, 6.07) is 9.47. The number of amides is 1. The smallest absolute Gasteiger partial charge is 0.273 e. The number of methoxy groups -OCH3 is 1. The molecule has 0 radical (unpaired) electrons. The summed E-state index contributed by atoms with van der Waals surface area (Å²) in [6.07, 6.45) is 2.98. The number of rotatable bonds is 7. The van der Waals surface area contributed by atoms with Gasteiger partial charge in [0.25, 0.3) is 5.69 Å². The van der Waals surface area contributed by atoms with Crippen LogP contribution < -0.4 is 14.8 Å². The Morgan fingerprint density at radius 2 is 2.04 bits per heavy atom. The fraction of sp³-hybridized carbons (Fsp3) is 0.167. The van der Waals surface area contributed by atoms with Gasteiger partial charge < -0.3 is 14.8 Å². The number of carbonyl (C=O) groups is 1. The predicted octanol–water partition coefficient (Wildman–Crippen LogP) is 4.42. The van der Waals surface area contributed by atoms with Crippen molar-refractivity contribution in [2.24, 2.45) is 0 Å². The quantitative estimate of drug-likeness (QED) is 0.406. The molecule has 2 rings (SSSR count). The normalized spacial score (nSPS) is 10.6. The summed E-state index contributed by atoms with van der Waals surface area (Å²) < 4.78 is 11.5. The monoisotopic (exact) mass is 420 g/mol. The van der Waals surface area contributed by atoms with Crippen molar-refractivity contribution in [3.63, 3.8) is 0 Å². The van der Waals surface area contributed by atoms with E-state index in [0.717, 1.165) is 10.0 Å². The molecule has 1 amide bonds. The highest BCUT2D eigenvalue weighted by atomic mass is 79.9. The first-order chi connectivity index (χ1) is 12.4. The molecule has 0 aromatic heterocycles. The molecule has 0 atom stereocenters. The van der Waals surface area contributed by atoms with E-state index in [0.29, 0.717) is 18.0 Å². The second-order valence-electron chi connectivity index (χ2n) is 5.08. The van der Waals surface area contributed by atoms with E-state index in [4.69, 9.17) is 9.47 Å². The van der Waals surface area contributed by atoms with Crippen molar-refractivity contribution in [3.8, 4) is 11.5 Å². The highest BCUT2D eigenvalue weighted by molar-refractivity contribution is 9.10. The van der Waals surface area contributed by atoms with Crippen LogP contribution in [-0.4, -0.2) is 24.5 Å². The van der Waals surface area contributed by atoms with Gasteiger partial charge in [-0.15, -0.1) is 0 Å². The molecule has 0 aliphatic heterocycles. The van der Waals surface area contributed by atoms with Crippen molar-refractivity contribution in [2.45, 2.75) is 6.92 Å². The molecule has 0 saturated carbocycles. The Morgan fingerprint density at radius 3 is 2.69 bits per heavy atom. The fourth-order valence-electron chi connectivity index (χ4n) is 2.17. The molecular weight excluding hydrogens is 404 g/mol. The Morgan fingerprint density at radius 1 is 1.27 bits per heavy atom. The summed E-state index contributed by atoms with van der Waals surface area (Å²) in [5.41, 5.74) is 0.963. The van der Waals surface area contributed by atoms with Crippen molar-refractivity contribution in [1.82, 2.24) is 0 Å². The van der Waals surface area contributed by atoms with Crippen LogP contribution in [0.4, 0.5) is 11.4 Å². The minimum absolute atomic E-state index is 0.120. The van der Waals surface area contributed by atoms with Crippen LogP contribution >= 0.6 is 15.9 Å². The molecule has 1 N–H and O–H groups in total. The molecule has 2 aromatic rings. The third-order valence-electron chi connectivity index (χ3n) is 3.34. The second-order valence-corrected chi connectivity index (χ2v) is 6.00. The zero-order valence-corrected chi connectivity index (χ0v) is 15.8. The second kappa shape index (κ2) is 9.00. The van der Waals surface area contributed by atoms with Crippen LogP contribution in [0.25, 0.3) is 6.08 Å². The van der Waals surface area contributed by atoms with Gasteiger partial charge in [0, 0.05) is 22.2 Å². The van der Waals surface area contributed by atoms with Crippen molar-refractivity contribution >= 4 is 39.3 Å². The molecule has 136 valence electrons. The number of hydrogen-bond acceptors (Lipinski definition) is 5. The molecular formula is C18H17BrN2O5. The summed E-state index contributed by atoms with van der Waals surface area (Å²) in [6.45, 7) is 2.39. The molecule has 7 nitrogen and oxygen atoms in total. The molecule has 0 saturated heterocycles. The van der Waals surface area contributed by atoms with E-state index in [1.165, 1.54) is 31.4 Å². The number of ether oxygens (including phenoxy) is 2. The molecule has 0 bridgehead atoms. The van der Waals surface area contributed by atoms with Crippen LogP contribution in [-0.2, 0) is 4.79 Å². The van der Waals surface area contributed by atoms with Crippen LogP contribution in [0.5, 0.6) is 11.5 Å². The van der Waals surface area contributed by atoms with Gasteiger partial charge in [0.2, 0.25) is 5.91 Å². The van der Waals surface area contributed by atoms with Crippen molar-refractivity contribution in [2.75, 3.05) is 19.0 Å². The van der Waals surface area contributed by atoms with Gasteiger partial charge in [-0.2, -0.15) is 0 Å². The van der Waals surface area contributed by atoms with Crippen LogP contribution in [0.3, 0.4) is 0 Å². The van der Waals surface area contributed by atoms with Gasteiger partial charge in [-0.1, -0.05) is 15.9 Å². The lowest BCUT2D eigenvalue weighted by atomic mass is 10.2. The maximum absolute atomic E-state index is 12.2. The third-order valence-corrected chi connectivity index (χ3v) is 3.83. The molecule has 0 unspecified atom stereocenters. The Labute approximate surface area is 158 Å². The Bertz CT molecular complexity index is 851. The lowest BCUT2D eigenvalue weighted by Gasteiger charge is -2.09. The van der Waals surface area contributed by atoms with Gasteiger partial charge in [0.15, 0.2) is 0 Å². The van der Waals surface area contributed by atoms with Gasteiger partial charge in [0.05, 0.1) is 30.4 Å².